The number of fused-ring (bicyclic) bond motifs is 2. The van der Waals surface area contributed by atoms with Gasteiger partial charge in [-0.2, -0.15) is 0 Å². The smallest absolute Gasteiger partial charge is 0.290 e. The zero-order valence-corrected chi connectivity index (χ0v) is 20.6. The fourth-order valence-corrected chi connectivity index (χ4v) is 4.81. The number of hydrogen-bond donors (Lipinski definition) is 0. The molecule has 0 bridgehead atoms. The fourth-order valence-electron chi connectivity index (χ4n) is 4.81. The Hall–Kier alpha value is -3.12. The van der Waals surface area contributed by atoms with Crippen molar-refractivity contribution in [3.05, 3.63) is 75.1 Å². The molecule has 0 N–H and O–H groups in total. The molecular formula is C28H34N2O4. The third kappa shape index (κ3) is 4.47. The lowest BCUT2D eigenvalue weighted by molar-refractivity contribution is 0.0720. The number of carbonyl (C=O) groups is 1. The third-order valence-corrected chi connectivity index (χ3v) is 6.69. The molecule has 1 amide bonds. The first-order valence-corrected chi connectivity index (χ1v) is 12.4. The van der Waals surface area contributed by atoms with E-state index in [-0.39, 0.29) is 17.1 Å². The Morgan fingerprint density at radius 1 is 1.03 bits per heavy atom. The SMILES string of the molecule is CCOc1cccc(C2c3c(oc4ccc(CC)cc4c3=O)C(=O)N2CCCN(CC)CC)c1. The summed E-state index contributed by atoms with van der Waals surface area (Å²) in [5, 5.41) is 0.529. The van der Waals surface area contributed by atoms with Crippen LogP contribution in [-0.4, -0.2) is 48.5 Å². The van der Waals surface area contributed by atoms with Crippen molar-refractivity contribution in [3.8, 4) is 5.75 Å². The number of benzene rings is 2. The minimum absolute atomic E-state index is 0.127. The number of ether oxygens (including phenoxy) is 1. The van der Waals surface area contributed by atoms with Gasteiger partial charge < -0.3 is 19.0 Å². The van der Waals surface area contributed by atoms with E-state index in [1.54, 1.807) is 11.0 Å². The van der Waals surface area contributed by atoms with Crippen molar-refractivity contribution in [2.24, 2.45) is 0 Å². The van der Waals surface area contributed by atoms with Gasteiger partial charge in [0.2, 0.25) is 5.76 Å². The summed E-state index contributed by atoms with van der Waals surface area (Å²) in [6, 6.07) is 12.8. The van der Waals surface area contributed by atoms with Crippen LogP contribution in [0.25, 0.3) is 11.0 Å². The molecule has 2 aromatic carbocycles. The van der Waals surface area contributed by atoms with Crippen molar-refractivity contribution >= 4 is 16.9 Å². The molecule has 1 atom stereocenters. The molecule has 6 heteroatoms. The van der Waals surface area contributed by atoms with Gasteiger partial charge in [0, 0.05) is 6.54 Å². The summed E-state index contributed by atoms with van der Waals surface area (Å²) in [7, 11) is 0. The lowest BCUT2D eigenvalue weighted by atomic mass is 9.97. The molecule has 3 aromatic rings. The van der Waals surface area contributed by atoms with E-state index in [4.69, 9.17) is 9.15 Å². The molecule has 6 nitrogen and oxygen atoms in total. The molecule has 1 aliphatic rings. The molecule has 4 rings (SSSR count). The van der Waals surface area contributed by atoms with E-state index < -0.39 is 6.04 Å². The predicted molar refractivity (Wildman–Crippen MR) is 135 cm³/mol. The third-order valence-electron chi connectivity index (χ3n) is 6.69. The molecule has 0 fully saturated rings. The molecular weight excluding hydrogens is 428 g/mol. The highest BCUT2D eigenvalue weighted by atomic mass is 16.5. The van der Waals surface area contributed by atoms with Crippen LogP contribution in [-0.2, 0) is 6.42 Å². The number of carbonyl (C=O) groups excluding carboxylic acids is 1. The minimum atomic E-state index is -0.495. The monoisotopic (exact) mass is 462 g/mol. The topological polar surface area (TPSA) is 63.0 Å². The van der Waals surface area contributed by atoms with Crippen LogP contribution in [0.4, 0.5) is 0 Å². The molecule has 0 radical (unpaired) electrons. The second-order valence-electron chi connectivity index (χ2n) is 8.65. The first-order valence-electron chi connectivity index (χ1n) is 12.4. The van der Waals surface area contributed by atoms with Crippen molar-refractivity contribution in [1.29, 1.82) is 0 Å². The van der Waals surface area contributed by atoms with Gasteiger partial charge in [0.1, 0.15) is 11.3 Å². The molecule has 0 spiro atoms. The van der Waals surface area contributed by atoms with Crippen LogP contribution in [0, 0.1) is 0 Å². The quantitative estimate of drug-likeness (QED) is 0.423. The highest BCUT2D eigenvalue weighted by Gasteiger charge is 2.42. The van der Waals surface area contributed by atoms with Crippen LogP contribution >= 0.6 is 0 Å². The zero-order chi connectivity index (χ0) is 24.2. The summed E-state index contributed by atoms with van der Waals surface area (Å²) >= 11 is 0. The summed E-state index contributed by atoms with van der Waals surface area (Å²) in [4.78, 5) is 31.5. The largest absolute Gasteiger partial charge is 0.494 e. The van der Waals surface area contributed by atoms with Gasteiger partial charge in [-0.3, -0.25) is 9.59 Å². The number of hydrogen-bond acceptors (Lipinski definition) is 5. The van der Waals surface area contributed by atoms with Crippen LogP contribution in [0.15, 0.2) is 51.7 Å². The molecule has 34 heavy (non-hydrogen) atoms. The fraction of sp³-hybridized carbons (Fsp3) is 0.429. The summed E-state index contributed by atoms with van der Waals surface area (Å²) in [5.74, 6) is 0.666. The van der Waals surface area contributed by atoms with Crippen molar-refractivity contribution in [2.45, 2.75) is 46.6 Å². The van der Waals surface area contributed by atoms with Crippen LogP contribution in [0.1, 0.15) is 67.4 Å². The maximum Gasteiger partial charge on any atom is 0.290 e. The summed E-state index contributed by atoms with van der Waals surface area (Å²) in [6.45, 7) is 12.2. The second-order valence-corrected chi connectivity index (χ2v) is 8.65. The Morgan fingerprint density at radius 3 is 2.53 bits per heavy atom. The van der Waals surface area contributed by atoms with Crippen molar-refractivity contribution in [1.82, 2.24) is 9.80 Å². The van der Waals surface area contributed by atoms with E-state index in [1.165, 1.54) is 0 Å². The molecule has 0 saturated heterocycles. The van der Waals surface area contributed by atoms with E-state index in [1.807, 2.05) is 43.3 Å². The maximum absolute atomic E-state index is 13.8. The van der Waals surface area contributed by atoms with Gasteiger partial charge in [0.15, 0.2) is 5.43 Å². The number of amides is 1. The number of rotatable bonds is 10. The zero-order valence-electron chi connectivity index (χ0n) is 20.6. The number of nitrogens with zero attached hydrogens (tertiary/aromatic N) is 2. The molecule has 1 unspecified atom stereocenters. The normalized spacial score (nSPS) is 15.4. The lowest BCUT2D eigenvalue weighted by Gasteiger charge is -2.27. The Balaban J connectivity index is 1.82. The molecule has 180 valence electrons. The molecule has 1 aliphatic heterocycles. The standard InChI is InChI=1S/C28H34N2O4/c1-5-19-13-14-23-22(17-19)26(31)24-25(20-11-9-12-21(18-20)33-8-4)30(28(32)27(24)34-23)16-10-15-29(6-2)7-3/h9,11-14,17-18,25H,5-8,10,15-16H2,1-4H3. The molecule has 0 aliphatic carbocycles. The van der Waals surface area contributed by atoms with Crippen molar-refractivity contribution < 1.29 is 13.9 Å². The number of aryl methyl sites for hydroxylation is 1. The van der Waals surface area contributed by atoms with E-state index in [9.17, 15) is 9.59 Å². The molecule has 1 aromatic heterocycles. The highest BCUT2D eigenvalue weighted by molar-refractivity contribution is 5.99. The Bertz CT molecular complexity index is 1230. The van der Waals surface area contributed by atoms with Gasteiger partial charge in [0.05, 0.1) is 23.6 Å². The second kappa shape index (κ2) is 10.4. The van der Waals surface area contributed by atoms with E-state index in [2.05, 4.69) is 25.7 Å². The first-order chi connectivity index (χ1) is 16.5. The van der Waals surface area contributed by atoms with Crippen LogP contribution < -0.4 is 10.2 Å². The molecule has 2 heterocycles. The van der Waals surface area contributed by atoms with E-state index >= 15 is 0 Å². The van der Waals surface area contributed by atoms with Crippen molar-refractivity contribution in [3.63, 3.8) is 0 Å². The van der Waals surface area contributed by atoms with Gasteiger partial charge in [-0.1, -0.05) is 39.0 Å². The Morgan fingerprint density at radius 2 is 1.82 bits per heavy atom. The van der Waals surface area contributed by atoms with Gasteiger partial charge in [-0.25, -0.2) is 0 Å². The first kappa shape index (κ1) is 24.0. The Labute approximate surface area is 201 Å². The Kier molecular flexibility index (Phi) is 7.37. The van der Waals surface area contributed by atoms with Crippen LogP contribution in [0.2, 0.25) is 0 Å². The highest BCUT2D eigenvalue weighted by Crippen LogP contribution is 2.39. The van der Waals surface area contributed by atoms with Crippen LogP contribution in [0.5, 0.6) is 5.75 Å². The molecule has 0 saturated carbocycles. The summed E-state index contributed by atoms with van der Waals surface area (Å²) in [6.07, 6.45) is 1.64. The lowest BCUT2D eigenvalue weighted by Crippen LogP contribution is -2.33. The average Bonchev–Trinajstić information content (AvgIpc) is 3.14. The summed E-state index contributed by atoms with van der Waals surface area (Å²) in [5.41, 5.74) is 2.69. The van der Waals surface area contributed by atoms with Gasteiger partial charge in [-0.15, -0.1) is 0 Å². The van der Waals surface area contributed by atoms with Gasteiger partial charge >= 0.3 is 0 Å². The van der Waals surface area contributed by atoms with Crippen LogP contribution in [0.3, 0.4) is 0 Å². The average molecular weight is 463 g/mol. The maximum atomic E-state index is 13.8. The van der Waals surface area contributed by atoms with Gasteiger partial charge in [-0.05, 0) is 74.8 Å². The van der Waals surface area contributed by atoms with Gasteiger partial charge in [0.25, 0.3) is 5.91 Å². The summed E-state index contributed by atoms with van der Waals surface area (Å²) < 4.78 is 11.8. The van der Waals surface area contributed by atoms with E-state index in [0.717, 1.165) is 49.4 Å². The van der Waals surface area contributed by atoms with E-state index in [0.29, 0.717) is 29.7 Å². The van der Waals surface area contributed by atoms with Crippen molar-refractivity contribution in [2.75, 3.05) is 32.8 Å². The minimum Gasteiger partial charge on any atom is -0.494 e. The predicted octanol–water partition coefficient (Wildman–Crippen LogP) is 5.03.